The van der Waals surface area contributed by atoms with Crippen LogP contribution in [-0.2, 0) is 9.59 Å². The highest BCUT2D eigenvalue weighted by Crippen LogP contribution is 2.46. The number of nitrogens with zero attached hydrogens (tertiary/aromatic N) is 2. The summed E-state index contributed by atoms with van der Waals surface area (Å²) in [6.07, 6.45) is 8.84. The van der Waals surface area contributed by atoms with E-state index in [-0.39, 0.29) is 35.8 Å². The average Bonchev–Trinajstić information content (AvgIpc) is 3.40. The first-order valence-corrected chi connectivity index (χ1v) is 11.6. The Hall–Kier alpha value is -1.59. The van der Waals surface area contributed by atoms with Gasteiger partial charge >= 0.3 is 6.03 Å². The lowest BCUT2D eigenvalue weighted by atomic mass is 9.64. The summed E-state index contributed by atoms with van der Waals surface area (Å²) in [5.74, 6) is 0.856. The fraction of sp³-hybridized carbons (Fsp3) is 0.870. The second-order valence-electron chi connectivity index (χ2n) is 11.2. The van der Waals surface area contributed by atoms with Gasteiger partial charge in [0.2, 0.25) is 5.91 Å². The average molecular weight is 404 g/mol. The lowest BCUT2D eigenvalue weighted by Crippen LogP contribution is -2.54. The van der Waals surface area contributed by atoms with Crippen molar-refractivity contribution in [1.29, 1.82) is 0 Å². The van der Waals surface area contributed by atoms with E-state index in [1.54, 1.807) is 0 Å². The van der Waals surface area contributed by atoms with Gasteiger partial charge in [-0.05, 0) is 75.0 Å². The van der Waals surface area contributed by atoms with Crippen molar-refractivity contribution in [2.24, 2.45) is 17.3 Å². The van der Waals surface area contributed by atoms with Gasteiger partial charge in [-0.15, -0.1) is 0 Å². The molecule has 29 heavy (non-hydrogen) atoms. The highest BCUT2D eigenvalue weighted by molar-refractivity contribution is 6.09. The fourth-order valence-corrected chi connectivity index (χ4v) is 6.45. The van der Waals surface area contributed by atoms with Crippen molar-refractivity contribution < 1.29 is 14.4 Å². The number of carbonyl (C=O) groups is 3. The smallest absolute Gasteiger partial charge is 0.325 e. The van der Waals surface area contributed by atoms with Crippen LogP contribution < -0.4 is 5.32 Å². The molecule has 0 bridgehead atoms. The number of hydrogen-bond acceptors (Lipinski definition) is 3. The molecule has 1 heterocycles. The Morgan fingerprint density at radius 1 is 1.00 bits per heavy atom. The minimum Gasteiger partial charge on any atom is -0.335 e. The summed E-state index contributed by atoms with van der Waals surface area (Å²) in [4.78, 5) is 42.6. The number of hydrogen-bond donors (Lipinski definition) is 1. The van der Waals surface area contributed by atoms with E-state index in [1.165, 1.54) is 4.90 Å². The van der Waals surface area contributed by atoms with Crippen molar-refractivity contribution in [2.75, 3.05) is 6.54 Å². The van der Waals surface area contributed by atoms with Crippen molar-refractivity contribution >= 4 is 17.8 Å². The zero-order chi connectivity index (χ0) is 21.0. The summed E-state index contributed by atoms with van der Waals surface area (Å²) in [6, 6.07) is 0.195. The Morgan fingerprint density at radius 2 is 1.59 bits per heavy atom. The molecule has 1 saturated heterocycles. The molecule has 2 unspecified atom stereocenters. The van der Waals surface area contributed by atoms with Gasteiger partial charge in [-0.3, -0.25) is 14.5 Å². The van der Waals surface area contributed by atoms with E-state index in [0.29, 0.717) is 24.8 Å². The number of imide groups is 1. The highest BCUT2D eigenvalue weighted by Gasteiger charge is 2.56. The summed E-state index contributed by atoms with van der Waals surface area (Å²) in [5.41, 5.74) is -0.831. The van der Waals surface area contributed by atoms with Crippen LogP contribution in [0.4, 0.5) is 4.79 Å². The molecule has 1 spiro atoms. The first kappa shape index (κ1) is 20.7. The van der Waals surface area contributed by atoms with E-state index in [4.69, 9.17) is 0 Å². The molecule has 0 aromatic carbocycles. The summed E-state index contributed by atoms with van der Waals surface area (Å²) in [6.45, 7) is 8.64. The molecular formula is C23H37N3O3. The largest absolute Gasteiger partial charge is 0.335 e. The standard InChI is InChI=1S/C23H37N3O3/c1-15-5-7-17(8-6-15)26(18-9-10-18)19(27)13-25-20(28)23(24-21(25)29)12-16(2)11-22(3,4)14-23/h15-18H,5-14H2,1-4H3,(H,24,29). The topological polar surface area (TPSA) is 69.7 Å². The first-order chi connectivity index (χ1) is 13.6. The highest BCUT2D eigenvalue weighted by atomic mass is 16.2. The SMILES string of the molecule is CC1CCC(N(C(=O)CN2C(=O)NC3(CC(C)CC(C)(C)C3)C2=O)C2CC2)CC1. The van der Waals surface area contributed by atoms with Crippen LogP contribution in [0.5, 0.6) is 0 Å². The maximum absolute atomic E-state index is 13.4. The molecule has 4 fully saturated rings. The van der Waals surface area contributed by atoms with Gasteiger partial charge in [0.25, 0.3) is 5.91 Å². The summed E-state index contributed by atoms with van der Waals surface area (Å²) in [7, 11) is 0. The maximum Gasteiger partial charge on any atom is 0.325 e. The zero-order valence-electron chi connectivity index (χ0n) is 18.5. The molecule has 6 nitrogen and oxygen atoms in total. The molecule has 0 aromatic heterocycles. The van der Waals surface area contributed by atoms with Crippen LogP contribution in [0.15, 0.2) is 0 Å². The molecule has 4 rings (SSSR count). The van der Waals surface area contributed by atoms with Crippen molar-refractivity contribution in [3.8, 4) is 0 Å². The number of nitrogens with one attached hydrogen (secondary N) is 1. The molecule has 4 aliphatic rings. The van der Waals surface area contributed by atoms with E-state index in [1.807, 2.05) is 4.90 Å². The summed E-state index contributed by atoms with van der Waals surface area (Å²) in [5, 5.41) is 3.00. The summed E-state index contributed by atoms with van der Waals surface area (Å²) < 4.78 is 0. The third-order valence-corrected chi connectivity index (χ3v) is 7.52. The van der Waals surface area contributed by atoms with E-state index in [0.717, 1.165) is 50.9 Å². The van der Waals surface area contributed by atoms with Gasteiger partial charge in [-0.1, -0.05) is 27.7 Å². The van der Waals surface area contributed by atoms with E-state index < -0.39 is 5.54 Å². The van der Waals surface area contributed by atoms with Crippen LogP contribution in [0.3, 0.4) is 0 Å². The Labute approximate surface area is 174 Å². The fourth-order valence-electron chi connectivity index (χ4n) is 6.45. The Kier molecular flexibility index (Phi) is 5.19. The Balaban J connectivity index is 1.47. The predicted molar refractivity (Wildman–Crippen MR) is 111 cm³/mol. The van der Waals surface area contributed by atoms with Gasteiger partial charge < -0.3 is 10.2 Å². The molecule has 162 valence electrons. The van der Waals surface area contributed by atoms with Crippen LogP contribution in [0.2, 0.25) is 0 Å². The maximum atomic E-state index is 13.4. The number of amides is 4. The van der Waals surface area contributed by atoms with Crippen LogP contribution in [0, 0.1) is 17.3 Å². The lowest BCUT2D eigenvalue weighted by molar-refractivity contribution is -0.142. The zero-order valence-corrected chi connectivity index (χ0v) is 18.5. The lowest BCUT2D eigenvalue weighted by Gasteiger charge is -2.43. The molecule has 3 aliphatic carbocycles. The molecule has 6 heteroatoms. The van der Waals surface area contributed by atoms with Crippen molar-refractivity contribution in [1.82, 2.24) is 15.1 Å². The molecule has 3 saturated carbocycles. The van der Waals surface area contributed by atoms with Gasteiger partial charge in [-0.25, -0.2) is 4.79 Å². The van der Waals surface area contributed by atoms with Gasteiger partial charge in [-0.2, -0.15) is 0 Å². The molecule has 0 radical (unpaired) electrons. The van der Waals surface area contributed by atoms with Crippen molar-refractivity contribution in [2.45, 2.75) is 103 Å². The molecule has 2 atom stereocenters. The predicted octanol–water partition coefficient (Wildman–Crippen LogP) is 3.69. The Bertz CT molecular complexity index is 693. The van der Waals surface area contributed by atoms with Crippen LogP contribution >= 0.6 is 0 Å². The van der Waals surface area contributed by atoms with Gasteiger partial charge in [0.05, 0.1) is 0 Å². The quantitative estimate of drug-likeness (QED) is 0.728. The van der Waals surface area contributed by atoms with E-state index in [9.17, 15) is 14.4 Å². The van der Waals surface area contributed by atoms with Crippen LogP contribution in [0.1, 0.15) is 85.5 Å². The van der Waals surface area contributed by atoms with E-state index >= 15 is 0 Å². The van der Waals surface area contributed by atoms with Gasteiger partial charge in [0.15, 0.2) is 0 Å². The Morgan fingerprint density at radius 3 is 2.14 bits per heavy atom. The first-order valence-electron chi connectivity index (χ1n) is 11.6. The van der Waals surface area contributed by atoms with Crippen LogP contribution in [-0.4, -0.2) is 51.8 Å². The molecule has 1 aliphatic heterocycles. The summed E-state index contributed by atoms with van der Waals surface area (Å²) >= 11 is 0. The van der Waals surface area contributed by atoms with Gasteiger partial charge in [0, 0.05) is 12.1 Å². The monoisotopic (exact) mass is 403 g/mol. The van der Waals surface area contributed by atoms with Crippen molar-refractivity contribution in [3.63, 3.8) is 0 Å². The second kappa shape index (κ2) is 7.28. The molecule has 0 aromatic rings. The van der Waals surface area contributed by atoms with Crippen molar-refractivity contribution in [3.05, 3.63) is 0 Å². The minimum absolute atomic E-state index is 0.000532. The molecule has 1 N–H and O–H groups in total. The normalized spacial score (nSPS) is 37.0. The second-order valence-corrected chi connectivity index (χ2v) is 11.2. The molecule has 4 amide bonds. The number of urea groups is 1. The van der Waals surface area contributed by atoms with Gasteiger partial charge in [0.1, 0.15) is 12.1 Å². The third kappa shape index (κ3) is 4.04. The van der Waals surface area contributed by atoms with Crippen LogP contribution in [0.25, 0.3) is 0 Å². The number of rotatable bonds is 4. The van der Waals surface area contributed by atoms with E-state index in [2.05, 4.69) is 33.0 Å². The minimum atomic E-state index is -0.830. The molecular weight excluding hydrogens is 366 g/mol. The number of carbonyl (C=O) groups excluding carboxylic acids is 3. The third-order valence-electron chi connectivity index (χ3n) is 7.52.